The highest BCUT2D eigenvalue weighted by atomic mass is 15.3. The zero-order valence-corrected chi connectivity index (χ0v) is 11.0. The van der Waals surface area contributed by atoms with Gasteiger partial charge in [0.25, 0.3) is 0 Å². The molecular formula is C13H22N4. The zero-order valence-electron chi connectivity index (χ0n) is 11.0. The van der Waals surface area contributed by atoms with Crippen molar-refractivity contribution in [1.82, 2.24) is 15.3 Å². The Hall–Kier alpha value is -1.16. The number of aromatic nitrogens is 2. The molecule has 1 aromatic rings. The van der Waals surface area contributed by atoms with Crippen LogP contribution in [0, 0.1) is 0 Å². The van der Waals surface area contributed by atoms with E-state index in [0.717, 1.165) is 49.8 Å². The first kappa shape index (κ1) is 12.3. The molecule has 1 aliphatic rings. The number of rotatable bonds is 3. The van der Waals surface area contributed by atoms with Crippen molar-refractivity contribution in [3.63, 3.8) is 0 Å². The predicted molar refractivity (Wildman–Crippen MR) is 70.5 cm³/mol. The van der Waals surface area contributed by atoms with Crippen molar-refractivity contribution in [3.8, 4) is 0 Å². The molecule has 0 amide bonds. The lowest BCUT2D eigenvalue weighted by Crippen LogP contribution is -2.50. The average molecular weight is 234 g/mol. The lowest BCUT2D eigenvalue weighted by molar-refractivity contribution is 0.478. The summed E-state index contributed by atoms with van der Waals surface area (Å²) in [5, 5.41) is 3.44. The van der Waals surface area contributed by atoms with Crippen LogP contribution in [0.1, 0.15) is 32.2 Å². The van der Waals surface area contributed by atoms with Gasteiger partial charge in [0, 0.05) is 37.1 Å². The standard InChI is InChI=1S/C13H22N4/c1-4-11-8-12(5-2)16-13(15-11)17-7-6-14-10(3)9-17/h8,10,14H,4-7,9H2,1-3H3/t10-/m1/s1. The van der Waals surface area contributed by atoms with Crippen LogP contribution in [0.15, 0.2) is 6.07 Å². The third-order valence-corrected chi connectivity index (χ3v) is 3.20. The molecule has 0 spiro atoms. The second-order valence-corrected chi connectivity index (χ2v) is 4.66. The van der Waals surface area contributed by atoms with Gasteiger partial charge in [-0.1, -0.05) is 13.8 Å². The van der Waals surface area contributed by atoms with E-state index in [1.54, 1.807) is 0 Å². The Morgan fingerprint density at radius 2 is 1.94 bits per heavy atom. The third-order valence-electron chi connectivity index (χ3n) is 3.20. The number of nitrogens with zero attached hydrogens (tertiary/aromatic N) is 3. The molecule has 1 aromatic heterocycles. The van der Waals surface area contributed by atoms with E-state index < -0.39 is 0 Å². The molecule has 1 atom stereocenters. The van der Waals surface area contributed by atoms with Gasteiger partial charge in [0.1, 0.15) is 0 Å². The molecule has 4 heteroatoms. The van der Waals surface area contributed by atoms with Gasteiger partial charge in [0.05, 0.1) is 0 Å². The van der Waals surface area contributed by atoms with Crippen LogP contribution in [0.4, 0.5) is 5.95 Å². The van der Waals surface area contributed by atoms with Crippen molar-refractivity contribution in [2.75, 3.05) is 24.5 Å². The Morgan fingerprint density at radius 1 is 1.29 bits per heavy atom. The molecule has 1 saturated heterocycles. The summed E-state index contributed by atoms with van der Waals surface area (Å²) >= 11 is 0. The second kappa shape index (κ2) is 5.45. The number of aryl methyl sites for hydroxylation is 2. The Kier molecular flexibility index (Phi) is 3.94. The van der Waals surface area contributed by atoms with Crippen molar-refractivity contribution in [1.29, 1.82) is 0 Å². The summed E-state index contributed by atoms with van der Waals surface area (Å²) in [7, 11) is 0. The van der Waals surface area contributed by atoms with E-state index in [9.17, 15) is 0 Å². The zero-order chi connectivity index (χ0) is 12.3. The Bertz CT molecular complexity index is 355. The molecule has 2 heterocycles. The van der Waals surface area contributed by atoms with Crippen LogP contribution in [0.2, 0.25) is 0 Å². The van der Waals surface area contributed by atoms with Gasteiger partial charge in [-0.2, -0.15) is 0 Å². The summed E-state index contributed by atoms with van der Waals surface area (Å²) in [5.74, 6) is 0.912. The van der Waals surface area contributed by atoms with Crippen molar-refractivity contribution in [2.24, 2.45) is 0 Å². The SMILES string of the molecule is CCc1cc(CC)nc(N2CCN[C@H](C)C2)n1. The van der Waals surface area contributed by atoms with Gasteiger partial charge in [0.2, 0.25) is 5.95 Å². The van der Waals surface area contributed by atoms with E-state index in [1.165, 1.54) is 0 Å². The molecular weight excluding hydrogens is 212 g/mol. The summed E-state index contributed by atoms with van der Waals surface area (Å²) in [6, 6.07) is 2.64. The Labute approximate surface area is 103 Å². The van der Waals surface area contributed by atoms with E-state index in [-0.39, 0.29) is 0 Å². The summed E-state index contributed by atoms with van der Waals surface area (Å²) in [5.41, 5.74) is 2.30. The van der Waals surface area contributed by atoms with Crippen LogP contribution in [0.3, 0.4) is 0 Å². The number of anilines is 1. The molecule has 1 N–H and O–H groups in total. The maximum Gasteiger partial charge on any atom is 0.225 e. The van der Waals surface area contributed by atoms with Crippen molar-refractivity contribution in [3.05, 3.63) is 17.5 Å². The molecule has 0 aliphatic carbocycles. The average Bonchev–Trinajstić information content (AvgIpc) is 2.38. The van der Waals surface area contributed by atoms with Crippen molar-refractivity contribution in [2.45, 2.75) is 39.7 Å². The molecule has 1 aliphatic heterocycles. The molecule has 0 radical (unpaired) electrons. The maximum atomic E-state index is 4.64. The molecule has 0 bridgehead atoms. The van der Waals surface area contributed by atoms with Gasteiger partial charge >= 0.3 is 0 Å². The minimum absolute atomic E-state index is 0.516. The molecule has 0 unspecified atom stereocenters. The van der Waals surface area contributed by atoms with Crippen LogP contribution >= 0.6 is 0 Å². The molecule has 2 rings (SSSR count). The highest BCUT2D eigenvalue weighted by Crippen LogP contribution is 2.13. The summed E-state index contributed by atoms with van der Waals surface area (Å²) < 4.78 is 0. The van der Waals surface area contributed by atoms with E-state index >= 15 is 0 Å². The summed E-state index contributed by atoms with van der Waals surface area (Å²) in [6.45, 7) is 9.51. The number of piperazine rings is 1. The van der Waals surface area contributed by atoms with E-state index in [0.29, 0.717) is 6.04 Å². The highest BCUT2D eigenvalue weighted by Gasteiger charge is 2.18. The van der Waals surface area contributed by atoms with Crippen molar-refractivity contribution < 1.29 is 0 Å². The smallest absolute Gasteiger partial charge is 0.225 e. The fraction of sp³-hybridized carbons (Fsp3) is 0.692. The quantitative estimate of drug-likeness (QED) is 0.858. The van der Waals surface area contributed by atoms with Crippen LogP contribution in [-0.2, 0) is 12.8 Å². The lowest BCUT2D eigenvalue weighted by atomic mass is 10.2. The first-order valence-electron chi connectivity index (χ1n) is 6.58. The Balaban J connectivity index is 2.23. The first-order valence-corrected chi connectivity index (χ1v) is 6.58. The minimum atomic E-state index is 0.516. The number of hydrogen-bond acceptors (Lipinski definition) is 4. The monoisotopic (exact) mass is 234 g/mol. The van der Waals surface area contributed by atoms with Gasteiger partial charge in [0.15, 0.2) is 0 Å². The number of nitrogens with one attached hydrogen (secondary N) is 1. The fourth-order valence-corrected chi connectivity index (χ4v) is 2.16. The van der Waals surface area contributed by atoms with E-state index in [2.05, 4.69) is 47.0 Å². The highest BCUT2D eigenvalue weighted by molar-refractivity contribution is 5.34. The second-order valence-electron chi connectivity index (χ2n) is 4.66. The molecule has 94 valence electrons. The van der Waals surface area contributed by atoms with E-state index in [4.69, 9.17) is 0 Å². The molecule has 4 nitrogen and oxygen atoms in total. The predicted octanol–water partition coefficient (Wildman–Crippen LogP) is 1.40. The molecule has 0 saturated carbocycles. The minimum Gasteiger partial charge on any atom is -0.338 e. The fourth-order valence-electron chi connectivity index (χ4n) is 2.16. The normalized spacial score (nSPS) is 20.6. The third kappa shape index (κ3) is 2.94. The van der Waals surface area contributed by atoms with Gasteiger partial charge in [-0.3, -0.25) is 0 Å². The first-order chi connectivity index (χ1) is 8.22. The molecule has 1 fully saturated rings. The van der Waals surface area contributed by atoms with Gasteiger partial charge in [-0.15, -0.1) is 0 Å². The van der Waals surface area contributed by atoms with Crippen LogP contribution in [0.5, 0.6) is 0 Å². The molecule has 0 aromatic carbocycles. The molecule has 17 heavy (non-hydrogen) atoms. The number of hydrogen-bond donors (Lipinski definition) is 1. The summed E-state index contributed by atoms with van der Waals surface area (Å²) in [6.07, 6.45) is 1.95. The maximum absolute atomic E-state index is 4.64. The van der Waals surface area contributed by atoms with Crippen LogP contribution < -0.4 is 10.2 Å². The van der Waals surface area contributed by atoms with Crippen LogP contribution in [-0.4, -0.2) is 35.6 Å². The van der Waals surface area contributed by atoms with E-state index in [1.807, 2.05) is 0 Å². The van der Waals surface area contributed by atoms with Gasteiger partial charge < -0.3 is 10.2 Å². The van der Waals surface area contributed by atoms with Gasteiger partial charge in [-0.05, 0) is 25.8 Å². The topological polar surface area (TPSA) is 41.1 Å². The van der Waals surface area contributed by atoms with Gasteiger partial charge in [-0.25, -0.2) is 9.97 Å². The summed E-state index contributed by atoms with van der Waals surface area (Å²) in [4.78, 5) is 11.6. The largest absolute Gasteiger partial charge is 0.338 e. The Morgan fingerprint density at radius 3 is 2.47 bits per heavy atom. The van der Waals surface area contributed by atoms with Crippen molar-refractivity contribution >= 4 is 5.95 Å². The van der Waals surface area contributed by atoms with Crippen LogP contribution in [0.25, 0.3) is 0 Å². The lowest BCUT2D eigenvalue weighted by Gasteiger charge is -2.32.